The lowest BCUT2D eigenvalue weighted by molar-refractivity contribution is -0.897. The van der Waals surface area contributed by atoms with E-state index in [0.29, 0.717) is 0 Å². The summed E-state index contributed by atoms with van der Waals surface area (Å²) < 4.78 is 17.9. The molecule has 0 aromatic rings. The van der Waals surface area contributed by atoms with Gasteiger partial charge in [0.1, 0.15) is 0 Å². The minimum atomic E-state index is -3.30. The van der Waals surface area contributed by atoms with Crippen LogP contribution in [0.1, 0.15) is 32.6 Å². The summed E-state index contributed by atoms with van der Waals surface area (Å²) in [6.07, 6.45) is 5.69. The van der Waals surface area contributed by atoms with Crippen LogP contribution in [0.3, 0.4) is 0 Å². The Bertz CT molecular complexity index is 459. The first-order chi connectivity index (χ1) is 10.8. The van der Waals surface area contributed by atoms with Gasteiger partial charge in [-0.3, -0.25) is 0 Å². The lowest BCUT2D eigenvalue weighted by Crippen LogP contribution is -2.41. The van der Waals surface area contributed by atoms with E-state index < -0.39 is 30.8 Å². The van der Waals surface area contributed by atoms with E-state index in [2.05, 4.69) is 32.6 Å². The Labute approximate surface area is 133 Å². The van der Waals surface area contributed by atoms with Crippen molar-refractivity contribution in [1.29, 1.82) is 0 Å². The molecule has 3 saturated heterocycles. The van der Waals surface area contributed by atoms with Crippen LogP contribution in [0.5, 0.6) is 0 Å². The lowest BCUT2D eigenvalue weighted by atomic mass is 10.1. The van der Waals surface area contributed by atoms with E-state index in [0.717, 1.165) is 0 Å². The summed E-state index contributed by atoms with van der Waals surface area (Å²) in [5.41, 5.74) is 0. The highest BCUT2D eigenvalue weighted by Crippen LogP contribution is 2.24. The molecule has 0 amide bonds. The molecule has 0 N–H and O–H groups in total. The Balaban J connectivity index is 0.000000174. The minimum Gasteiger partial charge on any atom is -0.576 e. The second-order valence-electron chi connectivity index (χ2n) is 6.05. The second kappa shape index (κ2) is 6.57. The zero-order valence-corrected chi connectivity index (χ0v) is 13.2. The molecule has 0 aliphatic carbocycles. The summed E-state index contributed by atoms with van der Waals surface area (Å²) in [4.78, 5) is 41.9. The summed E-state index contributed by atoms with van der Waals surface area (Å²) in [7, 11) is 2.41. The van der Waals surface area contributed by atoms with Gasteiger partial charge in [0.15, 0.2) is 0 Å². The molecule has 128 valence electrons. The monoisotopic (exact) mass is 329 g/mol. The topological polar surface area (TPSA) is 105 Å². The van der Waals surface area contributed by atoms with Gasteiger partial charge < -0.3 is 23.1 Å². The molecule has 0 aromatic heterocycles. The first-order valence-electron chi connectivity index (χ1n) is 7.68. The molecule has 0 atom stereocenters. The number of rotatable bonds is 3. The molecule has 0 bridgehead atoms. The first kappa shape index (κ1) is 17.3. The summed E-state index contributed by atoms with van der Waals surface area (Å²) in [5.74, 6) is -5.49. The van der Waals surface area contributed by atoms with Crippen LogP contribution in [0.4, 0.5) is 0 Å². The van der Waals surface area contributed by atoms with Gasteiger partial charge in [-0.1, -0.05) is 13.3 Å². The van der Waals surface area contributed by atoms with Gasteiger partial charge in [-0.2, -0.15) is 0 Å². The first-order valence-corrected chi connectivity index (χ1v) is 7.68. The zero-order chi connectivity index (χ0) is 17.1. The van der Waals surface area contributed by atoms with Crippen molar-refractivity contribution >= 4 is 30.8 Å². The largest absolute Gasteiger partial charge is 0.786 e. The third-order valence-electron chi connectivity index (χ3n) is 4.04. The molecule has 3 aliphatic rings. The van der Waals surface area contributed by atoms with E-state index in [4.69, 9.17) is 0 Å². The van der Waals surface area contributed by atoms with Crippen LogP contribution < -0.4 is 0 Å². The Morgan fingerprint density at radius 1 is 0.870 bits per heavy atom. The number of likely N-dealkylation sites (tertiary alicyclic amines) is 1. The number of carbonyl (C=O) groups excluding carboxylic acids is 4. The van der Waals surface area contributed by atoms with Crippen molar-refractivity contribution in [2.45, 2.75) is 32.6 Å². The fraction of sp³-hybridized carbons (Fsp3) is 0.692. The molecule has 0 unspecified atom stereocenters. The van der Waals surface area contributed by atoms with Crippen molar-refractivity contribution in [3.63, 3.8) is 0 Å². The molecule has 0 radical (unpaired) electrons. The predicted molar refractivity (Wildman–Crippen MR) is 75.0 cm³/mol. The van der Waals surface area contributed by atoms with Crippen LogP contribution in [0.2, 0.25) is 0 Å². The van der Waals surface area contributed by atoms with Gasteiger partial charge in [0, 0.05) is 12.8 Å². The van der Waals surface area contributed by atoms with Crippen LogP contribution in [-0.4, -0.2) is 62.0 Å². The average Bonchev–Trinajstić information content (AvgIpc) is 3.10. The van der Waals surface area contributed by atoms with Gasteiger partial charge in [0.25, 0.3) is 0 Å². The normalized spacial score (nSPS) is 23.7. The van der Waals surface area contributed by atoms with Gasteiger partial charge in [-0.05, 0) is 6.42 Å². The highest BCUT2D eigenvalue weighted by Gasteiger charge is 2.60. The molecule has 23 heavy (non-hydrogen) atoms. The minimum absolute atomic E-state index is 1.36. The third-order valence-corrected chi connectivity index (χ3v) is 4.04. The maximum Gasteiger partial charge on any atom is 0.786 e. The van der Waals surface area contributed by atoms with Gasteiger partial charge in [0.2, 0.25) is 0 Å². The van der Waals surface area contributed by atoms with Crippen molar-refractivity contribution in [3.8, 4) is 0 Å². The molecule has 1 spiro atoms. The van der Waals surface area contributed by atoms with E-state index in [-0.39, 0.29) is 0 Å². The maximum absolute atomic E-state index is 10.5. The summed E-state index contributed by atoms with van der Waals surface area (Å²) in [6, 6.07) is 0. The molecule has 3 rings (SSSR count). The smallest absolute Gasteiger partial charge is 0.576 e. The quantitative estimate of drug-likeness (QED) is 0.393. The predicted octanol–water partition coefficient (Wildman–Crippen LogP) is -0.351. The van der Waals surface area contributed by atoms with E-state index in [1.807, 2.05) is 0 Å². The van der Waals surface area contributed by atoms with Crippen LogP contribution in [0, 0.1) is 0 Å². The molecule has 3 heterocycles. The SMILES string of the molecule is CCCC[N+]1(C)CCCC1.O=C1O[B-]2(OC1=O)OC(=O)C(=O)O2. The molecule has 9 nitrogen and oxygen atoms in total. The number of carbonyl (C=O) groups is 4. The number of hydrogen-bond donors (Lipinski definition) is 0. The third kappa shape index (κ3) is 4.01. The highest BCUT2D eigenvalue weighted by molar-refractivity contribution is 6.73. The Morgan fingerprint density at radius 2 is 1.26 bits per heavy atom. The number of nitrogens with zero attached hydrogens (tertiary/aromatic N) is 1. The number of hydrogen-bond acceptors (Lipinski definition) is 8. The fourth-order valence-corrected chi connectivity index (χ4v) is 2.72. The van der Waals surface area contributed by atoms with Gasteiger partial charge in [0.05, 0.1) is 26.7 Å². The van der Waals surface area contributed by atoms with E-state index in [1.165, 1.54) is 49.8 Å². The van der Waals surface area contributed by atoms with Crippen molar-refractivity contribution in [3.05, 3.63) is 0 Å². The molecule has 3 aliphatic heterocycles. The molecule has 3 fully saturated rings. The molecule has 10 heteroatoms. The van der Waals surface area contributed by atoms with E-state index >= 15 is 0 Å². The highest BCUT2D eigenvalue weighted by atomic mass is 17.0. The van der Waals surface area contributed by atoms with Gasteiger partial charge >= 0.3 is 30.8 Å². The Kier molecular flexibility index (Phi) is 4.93. The van der Waals surface area contributed by atoms with E-state index in [9.17, 15) is 19.2 Å². The lowest BCUT2D eigenvalue weighted by Gasteiger charge is -2.28. The number of quaternary nitrogens is 1. The van der Waals surface area contributed by atoms with Crippen LogP contribution in [-0.2, 0) is 37.8 Å². The van der Waals surface area contributed by atoms with Crippen molar-refractivity contribution in [1.82, 2.24) is 0 Å². The summed E-state index contributed by atoms with van der Waals surface area (Å²) in [6.45, 7) is 3.26. The molecular formula is C13H20BNO8. The van der Waals surface area contributed by atoms with Crippen LogP contribution in [0.25, 0.3) is 0 Å². The zero-order valence-electron chi connectivity index (χ0n) is 13.2. The Hall–Kier alpha value is -2.10. The number of unbranched alkanes of at least 4 members (excludes halogenated alkanes) is 1. The van der Waals surface area contributed by atoms with Crippen molar-refractivity contribution in [2.24, 2.45) is 0 Å². The maximum atomic E-state index is 10.5. The van der Waals surface area contributed by atoms with Crippen LogP contribution >= 0.6 is 0 Å². The Morgan fingerprint density at radius 3 is 1.61 bits per heavy atom. The summed E-state index contributed by atoms with van der Waals surface area (Å²) >= 11 is 0. The molecular weight excluding hydrogens is 309 g/mol. The second-order valence-corrected chi connectivity index (χ2v) is 6.05. The average molecular weight is 329 g/mol. The van der Waals surface area contributed by atoms with E-state index in [1.54, 1.807) is 0 Å². The standard InChI is InChI=1S/C9H20N.C4BO8/c1-3-4-7-10(2)8-5-6-9-10;6-1-2(7)11-5(10-1)12-3(8)4(9)13-5/h3-9H2,1-2H3;/q+1;-1. The van der Waals surface area contributed by atoms with Crippen molar-refractivity contribution < 1.29 is 42.3 Å². The van der Waals surface area contributed by atoms with Gasteiger partial charge in [-0.15, -0.1) is 0 Å². The summed E-state index contributed by atoms with van der Waals surface area (Å²) in [5, 5.41) is 0. The van der Waals surface area contributed by atoms with Gasteiger partial charge in [-0.25, -0.2) is 19.2 Å². The van der Waals surface area contributed by atoms with Crippen LogP contribution in [0.15, 0.2) is 0 Å². The molecule has 0 aromatic carbocycles. The molecule has 0 saturated carbocycles. The van der Waals surface area contributed by atoms with Crippen molar-refractivity contribution in [2.75, 3.05) is 26.7 Å². The fourth-order valence-electron chi connectivity index (χ4n) is 2.72.